The lowest BCUT2D eigenvalue weighted by atomic mass is 10.1. The SMILES string of the molecule is Nc1nc2c(ncn2[C@@H]2S[C@@H]3COP(=O)(O)O[C@@H]4[C@@H](COP(=O)(S)O[C@@H]2[C@H]3F)O[C@@H](n2nnc3c(N)ccnc32)C4(F)F)c(=O)[nH]1. The number of anilines is 2. The van der Waals surface area contributed by atoms with Gasteiger partial charge in [-0.05, 0) is 6.07 Å². The molecule has 0 aliphatic carbocycles. The molecular formula is C20H21F3N10O9P2S2. The van der Waals surface area contributed by atoms with E-state index < -0.39 is 80.7 Å². The largest absolute Gasteiger partial charge is 0.472 e. The highest BCUT2D eigenvalue weighted by Gasteiger charge is 2.64. The van der Waals surface area contributed by atoms with Crippen molar-refractivity contribution in [2.45, 2.75) is 47.3 Å². The lowest BCUT2D eigenvalue weighted by Gasteiger charge is -2.27. The fraction of sp³-hybridized carbons (Fsp3) is 0.500. The average molecular weight is 729 g/mol. The number of rotatable bonds is 2. The maximum Gasteiger partial charge on any atom is 0.472 e. The zero-order valence-electron chi connectivity index (χ0n) is 22.6. The van der Waals surface area contributed by atoms with Crippen molar-refractivity contribution < 1.29 is 50.0 Å². The number of halogens is 3. The smallest absolute Gasteiger partial charge is 0.397 e. The number of phosphoric ester groups is 1. The highest BCUT2D eigenvalue weighted by Crippen LogP contribution is 2.61. The summed E-state index contributed by atoms with van der Waals surface area (Å²) in [5, 5.41) is 4.89. The molecule has 3 fully saturated rings. The number of imidazole rings is 1. The molecule has 0 saturated carbocycles. The van der Waals surface area contributed by atoms with Crippen molar-refractivity contribution in [2.75, 3.05) is 24.7 Å². The molecule has 248 valence electrons. The fourth-order valence-electron chi connectivity index (χ4n) is 5.21. The molecule has 4 aromatic heterocycles. The molecule has 0 amide bonds. The van der Waals surface area contributed by atoms with E-state index in [0.717, 1.165) is 18.1 Å². The van der Waals surface area contributed by atoms with E-state index in [2.05, 4.69) is 42.5 Å². The zero-order valence-corrected chi connectivity index (χ0v) is 26.1. The van der Waals surface area contributed by atoms with Crippen molar-refractivity contribution in [3.8, 4) is 0 Å². The average Bonchev–Trinajstić information content (AvgIpc) is 3.71. The van der Waals surface area contributed by atoms with Gasteiger partial charge in [-0.2, -0.15) is 18.4 Å². The summed E-state index contributed by atoms with van der Waals surface area (Å²) in [6.45, 7) is -6.52. The van der Waals surface area contributed by atoms with Gasteiger partial charge in [-0.1, -0.05) is 17.5 Å². The van der Waals surface area contributed by atoms with Crippen LogP contribution in [0.4, 0.5) is 24.8 Å². The molecule has 0 aromatic carbocycles. The molecule has 0 radical (unpaired) electrons. The molecule has 2 bridgehead atoms. The number of hydrogen-bond donors (Lipinski definition) is 5. The monoisotopic (exact) mass is 728 g/mol. The van der Waals surface area contributed by atoms with E-state index in [9.17, 15) is 18.8 Å². The number of H-pyrrole nitrogens is 1. The Bertz CT molecular complexity index is 2000. The number of thiol groups is 1. The van der Waals surface area contributed by atoms with Gasteiger partial charge in [-0.15, -0.1) is 16.9 Å². The molecule has 3 aliphatic heterocycles. The number of fused-ring (bicyclic) bond motifs is 5. The molecule has 7 heterocycles. The normalized spacial score (nSPS) is 36.7. The third-order valence-electron chi connectivity index (χ3n) is 7.26. The number of nitrogens with two attached hydrogens (primary N) is 2. The highest BCUT2D eigenvalue weighted by molar-refractivity contribution is 8.44. The summed E-state index contributed by atoms with van der Waals surface area (Å²) in [5.74, 6) is -4.42. The Morgan fingerprint density at radius 2 is 1.93 bits per heavy atom. The summed E-state index contributed by atoms with van der Waals surface area (Å²) in [6, 6.07) is 1.37. The number of pyridine rings is 1. The Morgan fingerprint density at radius 3 is 2.72 bits per heavy atom. The molecule has 26 heteroatoms. The van der Waals surface area contributed by atoms with E-state index in [1.807, 2.05) is 0 Å². The topological polar surface area (TPSA) is 260 Å². The van der Waals surface area contributed by atoms with Crippen molar-refractivity contribution >= 4 is 72.6 Å². The zero-order chi connectivity index (χ0) is 32.8. The number of nitrogen functional groups attached to an aromatic ring is 2. The molecule has 4 aromatic rings. The van der Waals surface area contributed by atoms with Crippen molar-refractivity contribution in [1.82, 2.24) is 39.5 Å². The molecular weight excluding hydrogens is 707 g/mol. The lowest BCUT2D eigenvalue weighted by molar-refractivity contribution is -0.141. The number of ether oxygens (including phenoxy) is 1. The van der Waals surface area contributed by atoms with Crippen molar-refractivity contribution in [2.24, 2.45) is 0 Å². The number of phosphoric acid groups is 1. The lowest BCUT2D eigenvalue weighted by Crippen LogP contribution is -2.41. The van der Waals surface area contributed by atoms with Crippen molar-refractivity contribution in [3.63, 3.8) is 0 Å². The van der Waals surface area contributed by atoms with Crippen LogP contribution in [0, 0.1) is 0 Å². The summed E-state index contributed by atoms with van der Waals surface area (Å²) in [6.07, 6.45) is -8.23. The molecule has 7 rings (SSSR count). The van der Waals surface area contributed by atoms with Gasteiger partial charge >= 0.3 is 20.5 Å². The molecule has 0 spiro atoms. The second kappa shape index (κ2) is 11.1. The quantitative estimate of drug-likeness (QED) is 0.145. The molecule has 9 atom stereocenters. The summed E-state index contributed by atoms with van der Waals surface area (Å²) in [5.41, 5.74) is 10.4. The van der Waals surface area contributed by atoms with Crippen LogP contribution in [-0.2, 0) is 32.0 Å². The first-order chi connectivity index (χ1) is 21.6. The van der Waals surface area contributed by atoms with Gasteiger partial charge in [0.25, 0.3) is 5.56 Å². The molecule has 2 unspecified atom stereocenters. The first kappa shape index (κ1) is 31.8. The van der Waals surface area contributed by atoms with Crippen LogP contribution in [0.25, 0.3) is 22.3 Å². The van der Waals surface area contributed by atoms with Gasteiger partial charge in [0.05, 0.1) is 30.5 Å². The number of nitrogens with zero attached hydrogens (tertiary/aromatic N) is 7. The van der Waals surface area contributed by atoms with Crippen LogP contribution in [0.5, 0.6) is 0 Å². The van der Waals surface area contributed by atoms with Gasteiger partial charge in [0.15, 0.2) is 28.4 Å². The van der Waals surface area contributed by atoms with Crippen LogP contribution >= 0.6 is 38.6 Å². The summed E-state index contributed by atoms with van der Waals surface area (Å²) in [7, 11) is -5.38. The fourth-order valence-corrected chi connectivity index (χ4v) is 9.28. The minimum atomic E-state index is -5.38. The van der Waals surface area contributed by atoms with E-state index in [-0.39, 0.29) is 34.0 Å². The third-order valence-corrected chi connectivity index (χ3v) is 11.4. The van der Waals surface area contributed by atoms with Gasteiger partial charge in [0, 0.05) is 6.20 Å². The van der Waals surface area contributed by atoms with Gasteiger partial charge in [0.1, 0.15) is 23.8 Å². The van der Waals surface area contributed by atoms with Crippen LogP contribution < -0.4 is 17.0 Å². The van der Waals surface area contributed by atoms with E-state index in [1.165, 1.54) is 16.8 Å². The van der Waals surface area contributed by atoms with Crippen molar-refractivity contribution in [1.29, 1.82) is 0 Å². The summed E-state index contributed by atoms with van der Waals surface area (Å²) < 4.78 is 102. The Kier molecular flexibility index (Phi) is 7.70. The number of aromatic nitrogens is 8. The van der Waals surface area contributed by atoms with E-state index in [0.29, 0.717) is 4.68 Å². The Balaban J connectivity index is 1.23. The van der Waals surface area contributed by atoms with E-state index in [1.54, 1.807) is 0 Å². The Morgan fingerprint density at radius 1 is 1.15 bits per heavy atom. The van der Waals surface area contributed by atoms with E-state index >= 15 is 13.2 Å². The summed E-state index contributed by atoms with van der Waals surface area (Å²) in [4.78, 5) is 37.1. The second-order valence-corrected chi connectivity index (χ2v) is 15.9. The Hall–Kier alpha value is -2.79. The first-order valence-electron chi connectivity index (χ1n) is 13.0. The number of aromatic amines is 1. The minimum absolute atomic E-state index is 0.0258. The standard InChI is InChI=1S/C20H21F3N10O9P2S2/c21-9-8-4-38-43(35,36)42-13-7(40-18(20(13,22)23)33-14-10(30-31-33)6(24)1-2-26-14)3-39-44(37,45)41-12(9)17(46-8)32-5-27-11-15(32)28-19(25)29-16(11)34/h1-2,5,7-9,12-13,17-18H,3-4H2,(H2,24,26)(H,35,36)(H,37,45)(H3,25,28,29,34)/t7-,8-,9+,12-,13-,17-,18-,44?/m1/s1. The number of nitrogens with one attached hydrogen (secondary N) is 1. The van der Waals surface area contributed by atoms with Crippen molar-refractivity contribution in [3.05, 3.63) is 28.9 Å². The maximum absolute atomic E-state index is 15.9. The van der Waals surface area contributed by atoms with Crippen LogP contribution in [-0.4, -0.2) is 93.3 Å². The minimum Gasteiger partial charge on any atom is -0.397 e. The first-order valence-corrected chi connectivity index (χ1v) is 18.1. The molecule has 6 N–H and O–H groups in total. The van der Waals surface area contributed by atoms with Crippen LogP contribution in [0.1, 0.15) is 11.6 Å². The number of hydrogen-bond acceptors (Lipinski definition) is 16. The van der Waals surface area contributed by atoms with E-state index in [4.69, 9.17) is 34.3 Å². The predicted octanol–water partition coefficient (Wildman–Crippen LogP) is 1.56. The van der Waals surface area contributed by atoms with Crippen LogP contribution in [0.3, 0.4) is 0 Å². The Labute approximate surface area is 262 Å². The third kappa shape index (κ3) is 5.39. The summed E-state index contributed by atoms with van der Waals surface area (Å²) >= 11 is 4.68. The molecule has 3 saturated heterocycles. The molecule has 46 heavy (non-hydrogen) atoms. The van der Waals surface area contributed by atoms with Gasteiger partial charge < -0.3 is 21.1 Å². The van der Waals surface area contributed by atoms with Crippen LogP contribution in [0.15, 0.2) is 23.4 Å². The highest BCUT2D eigenvalue weighted by atomic mass is 32.7. The predicted molar refractivity (Wildman–Crippen MR) is 155 cm³/mol. The maximum atomic E-state index is 15.9. The van der Waals surface area contributed by atoms with Gasteiger partial charge in [-0.3, -0.25) is 32.4 Å². The number of thioether (sulfide) groups is 1. The number of alkyl halides is 3. The second-order valence-electron chi connectivity index (χ2n) is 10.2. The molecule has 19 nitrogen and oxygen atoms in total. The van der Waals surface area contributed by atoms with Gasteiger partial charge in [0.2, 0.25) is 12.2 Å². The van der Waals surface area contributed by atoms with Gasteiger partial charge in [-0.25, -0.2) is 23.5 Å². The van der Waals surface area contributed by atoms with Crippen LogP contribution in [0.2, 0.25) is 0 Å². The molecule has 3 aliphatic rings.